The van der Waals surface area contributed by atoms with Crippen molar-refractivity contribution in [3.63, 3.8) is 0 Å². The normalized spacial score (nSPS) is 9.86. The molecule has 1 N–H and O–H groups in total. The van der Waals surface area contributed by atoms with Gasteiger partial charge in [-0.25, -0.2) is 4.98 Å². The minimum absolute atomic E-state index is 0.609. The molecule has 1 aromatic heterocycles. The average molecular weight is 297 g/mol. The molecule has 0 saturated heterocycles. The Kier molecular flexibility index (Phi) is 5.61. The molecule has 0 amide bonds. The fraction of sp³-hybridized carbons (Fsp3) is 0.294. The van der Waals surface area contributed by atoms with Gasteiger partial charge in [0.15, 0.2) is 11.5 Å². The van der Waals surface area contributed by atoms with Gasteiger partial charge in [-0.1, -0.05) is 6.07 Å². The van der Waals surface area contributed by atoms with E-state index in [1.807, 2.05) is 18.2 Å². The molecule has 114 valence electrons. The van der Waals surface area contributed by atoms with Crippen molar-refractivity contribution in [2.45, 2.75) is 12.8 Å². The Bertz CT molecular complexity index is 665. The van der Waals surface area contributed by atoms with Gasteiger partial charge >= 0.3 is 0 Å². The summed E-state index contributed by atoms with van der Waals surface area (Å²) in [5.41, 5.74) is 1.80. The van der Waals surface area contributed by atoms with Gasteiger partial charge < -0.3 is 14.8 Å². The molecular formula is C17H19N3O2. The third-order valence-corrected chi connectivity index (χ3v) is 3.29. The van der Waals surface area contributed by atoms with Crippen LogP contribution in [0.4, 0.5) is 5.82 Å². The Balaban J connectivity index is 1.85. The molecule has 0 aliphatic carbocycles. The maximum atomic E-state index is 8.85. The lowest BCUT2D eigenvalue weighted by atomic mass is 10.1. The molecule has 0 saturated carbocycles. The van der Waals surface area contributed by atoms with Gasteiger partial charge in [0.05, 0.1) is 25.9 Å². The summed E-state index contributed by atoms with van der Waals surface area (Å²) in [6.07, 6.45) is 3.51. The van der Waals surface area contributed by atoms with Crippen LogP contribution in [0.3, 0.4) is 0 Å². The monoisotopic (exact) mass is 297 g/mol. The van der Waals surface area contributed by atoms with Crippen molar-refractivity contribution in [2.24, 2.45) is 0 Å². The van der Waals surface area contributed by atoms with E-state index in [1.165, 1.54) is 5.56 Å². The molecule has 2 rings (SSSR count). The van der Waals surface area contributed by atoms with Crippen molar-refractivity contribution in [1.82, 2.24) is 4.98 Å². The molecule has 0 aliphatic heterocycles. The molecule has 0 bridgehead atoms. The second-order valence-electron chi connectivity index (χ2n) is 4.76. The number of hydrogen-bond acceptors (Lipinski definition) is 5. The molecule has 5 heteroatoms. The maximum absolute atomic E-state index is 8.85. The van der Waals surface area contributed by atoms with Crippen LogP contribution in [0.15, 0.2) is 36.5 Å². The number of aromatic nitrogens is 1. The fourth-order valence-electron chi connectivity index (χ4n) is 2.14. The highest BCUT2D eigenvalue weighted by molar-refractivity contribution is 5.43. The number of nitrogens with zero attached hydrogens (tertiary/aromatic N) is 2. The highest BCUT2D eigenvalue weighted by Gasteiger charge is 2.04. The van der Waals surface area contributed by atoms with Crippen LogP contribution < -0.4 is 14.8 Å². The fourth-order valence-corrected chi connectivity index (χ4v) is 2.14. The predicted octanol–water partition coefficient (Wildman–Crippen LogP) is 3.02. The average Bonchev–Trinajstić information content (AvgIpc) is 2.58. The minimum Gasteiger partial charge on any atom is -0.493 e. The van der Waals surface area contributed by atoms with Crippen LogP contribution in [0, 0.1) is 11.3 Å². The minimum atomic E-state index is 0.609. The Morgan fingerprint density at radius 2 is 1.95 bits per heavy atom. The van der Waals surface area contributed by atoms with Gasteiger partial charge in [0.25, 0.3) is 0 Å². The van der Waals surface area contributed by atoms with Crippen molar-refractivity contribution >= 4 is 5.82 Å². The van der Waals surface area contributed by atoms with Crippen LogP contribution in [-0.4, -0.2) is 25.7 Å². The van der Waals surface area contributed by atoms with Crippen LogP contribution in [0.1, 0.15) is 17.5 Å². The third kappa shape index (κ3) is 4.13. The number of anilines is 1. The molecule has 0 atom stereocenters. The Morgan fingerprint density at radius 3 is 2.68 bits per heavy atom. The van der Waals surface area contributed by atoms with Crippen LogP contribution >= 0.6 is 0 Å². The summed E-state index contributed by atoms with van der Waals surface area (Å²) < 4.78 is 10.5. The molecule has 2 aromatic rings. The van der Waals surface area contributed by atoms with Gasteiger partial charge in [-0.05, 0) is 42.7 Å². The second kappa shape index (κ2) is 7.89. The van der Waals surface area contributed by atoms with E-state index in [2.05, 4.69) is 16.4 Å². The molecule has 1 heterocycles. The Labute approximate surface area is 130 Å². The van der Waals surface area contributed by atoms with E-state index < -0.39 is 0 Å². The second-order valence-corrected chi connectivity index (χ2v) is 4.76. The molecular weight excluding hydrogens is 278 g/mol. The van der Waals surface area contributed by atoms with Gasteiger partial charge in [0.2, 0.25) is 0 Å². The van der Waals surface area contributed by atoms with Gasteiger partial charge in [-0.3, -0.25) is 0 Å². The molecule has 22 heavy (non-hydrogen) atoms. The molecule has 0 unspecified atom stereocenters. The Hall–Kier alpha value is -2.74. The number of nitriles is 1. The number of rotatable bonds is 7. The van der Waals surface area contributed by atoms with E-state index >= 15 is 0 Å². The molecule has 0 aliphatic rings. The van der Waals surface area contributed by atoms with Crippen LogP contribution in [0.25, 0.3) is 0 Å². The van der Waals surface area contributed by atoms with Crippen LogP contribution in [0.5, 0.6) is 11.5 Å². The summed E-state index contributed by atoms with van der Waals surface area (Å²) in [6.45, 7) is 0.788. The highest BCUT2D eigenvalue weighted by atomic mass is 16.5. The largest absolute Gasteiger partial charge is 0.493 e. The van der Waals surface area contributed by atoms with Gasteiger partial charge in [0, 0.05) is 12.7 Å². The Morgan fingerprint density at radius 1 is 1.14 bits per heavy atom. The molecule has 5 nitrogen and oxygen atoms in total. The first-order valence-electron chi connectivity index (χ1n) is 7.07. The first-order valence-corrected chi connectivity index (χ1v) is 7.07. The topological polar surface area (TPSA) is 67.2 Å². The van der Waals surface area contributed by atoms with Crippen molar-refractivity contribution in [2.75, 3.05) is 26.1 Å². The smallest absolute Gasteiger partial charge is 0.160 e. The van der Waals surface area contributed by atoms with Crippen LogP contribution in [0.2, 0.25) is 0 Å². The van der Waals surface area contributed by atoms with E-state index in [-0.39, 0.29) is 0 Å². The number of pyridine rings is 1. The van der Waals surface area contributed by atoms with E-state index in [0.29, 0.717) is 5.56 Å². The zero-order valence-corrected chi connectivity index (χ0v) is 12.8. The highest BCUT2D eigenvalue weighted by Crippen LogP contribution is 2.27. The summed E-state index contributed by atoms with van der Waals surface area (Å²) in [5.74, 6) is 2.21. The summed E-state index contributed by atoms with van der Waals surface area (Å²) in [7, 11) is 3.26. The van der Waals surface area contributed by atoms with E-state index in [9.17, 15) is 0 Å². The van der Waals surface area contributed by atoms with E-state index in [1.54, 1.807) is 32.5 Å². The zero-order valence-electron chi connectivity index (χ0n) is 12.8. The van der Waals surface area contributed by atoms with E-state index in [4.69, 9.17) is 14.7 Å². The van der Waals surface area contributed by atoms with E-state index in [0.717, 1.165) is 36.7 Å². The van der Waals surface area contributed by atoms with Crippen molar-refractivity contribution < 1.29 is 9.47 Å². The zero-order chi connectivity index (χ0) is 15.8. The first kappa shape index (κ1) is 15.6. The molecule has 1 aromatic carbocycles. The van der Waals surface area contributed by atoms with Gasteiger partial charge in [-0.2, -0.15) is 5.26 Å². The number of hydrogen-bond donors (Lipinski definition) is 1. The summed E-state index contributed by atoms with van der Waals surface area (Å²) in [5, 5.41) is 12.1. The summed E-state index contributed by atoms with van der Waals surface area (Å²) in [6, 6.07) is 11.5. The van der Waals surface area contributed by atoms with Gasteiger partial charge in [0.1, 0.15) is 5.82 Å². The standard InChI is InChI=1S/C17H19N3O2/c1-21-15-6-5-13(10-16(15)22-2)4-3-8-19-17-11-14(12-18)7-9-20-17/h5-7,9-11H,3-4,8H2,1-2H3,(H,19,20). The van der Waals surface area contributed by atoms with Crippen molar-refractivity contribution in [3.05, 3.63) is 47.7 Å². The van der Waals surface area contributed by atoms with Crippen LogP contribution in [-0.2, 0) is 6.42 Å². The summed E-state index contributed by atoms with van der Waals surface area (Å²) in [4.78, 5) is 4.18. The quantitative estimate of drug-likeness (QED) is 0.796. The maximum Gasteiger partial charge on any atom is 0.160 e. The van der Waals surface area contributed by atoms with Gasteiger partial charge in [-0.15, -0.1) is 0 Å². The van der Waals surface area contributed by atoms with Crippen molar-refractivity contribution in [3.8, 4) is 17.6 Å². The van der Waals surface area contributed by atoms with Crippen molar-refractivity contribution in [1.29, 1.82) is 5.26 Å². The predicted molar refractivity (Wildman–Crippen MR) is 85.3 cm³/mol. The number of aryl methyl sites for hydroxylation is 1. The summed E-state index contributed by atoms with van der Waals surface area (Å²) >= 11 is 0. The number of benzene rings is 1. The number of methoxy groups -OCH3 is 2. The molecule has 0 radical (unpaired) electrons. The lowest BCUT2D eigenvalue weighted by Crippen LogP contribution is -2.04. The lowest BCUT2D eigenvalue weighted by molar-refractivity contribution is 0.354. The number of ether oxygens (including phenoxy) is 2. The third-order valence-electron chi connectivity index (χ3n) is 3.29. The molecule has 0 spiro atoms. The first-order chi connectivity index (χ1) is 10.8. The SMILES string of the molecule is COc1ccc(CCCNc2cc(C#N)ccn2)cc1OC. The molecule has 0 fully saturated rings. The number of nitrogens with one attached hydrogen (secondary N) is 1. The lowest BCUT2D eigenvalue weighted by Gasteiger charge is -2.10.